The molecule has 0 aliphatic heterocycles. The van der Waals surface area contributed by atoms with Crippen molar-refractivity contribution in [2.75, 3.05) is 13.2 Å². The van der Waals surface area contributed by atoms with Gasteiger partial charge in [0.15, 0.2) is 0 Å². The van der Waals surface area contributed by atoms with Crippen LogP contribution in [0.5, 0.6) is 0 Å². The molecule has 0 spiro atoms. The van der Waals surface area contributed by atoms with Crippen molar-refractivity contribution in [1.82, 2.24) is 5.32 Å². The lowest BCUT2D eigenvalue weighted by Gasteiger charge is -2.37. The Kier molecular flexibility index (Phi) is 6.50. The molecule has 0 fully saturated rings. The van der Waals surface area contributed by atoms with Crippen LogP contribution in [0, 0.1) is 12.3 Å². The molecule has 0 amide bonds. The molecule has 0 bridgehead atoms. The van der Waals surface area contributed by atoms with E-state index in [1.807, 2.05) is 13.8 Å². The predicted molar refractivity (Wildman–Crippen MR) is 87.5 cm³/mol. The molecule has 0 radical (unpaired) electrons. The summed E-state index contributed by atoms with van der Waals surface area (Å²) in [6.45, 7) is 14.4. The minimum absolute atomic E-state index is 0.0558. The molecule has 2 unspecified atom stereocenters. The maximum absolute atomic E-state index is 6.29. The highest BCUT2D eigenvalue weighted by Gasteiger charge is 2.33. The van der Waals surface area contributed by atoms with Gasteiger partial charge >= 0.3 is 0 Å². The molecule has 2 nitrogen and oxygen atoms in total. The fourth-order valence-electron chi connectivity index (χ4n) is 2.45. The van der Waals surface area contributed by atoms with Crippen LogP contribution in [0.15, 0.2) is 18.2 Å². The van der Waals surface area contributed by atoms with Crippen LogP contribution in [0.25, 0.3) is 0 Å². The molecule has 0 aliphatic carbocycles. The zero-order valence-electron chi connectivity index (χ0n) is 13.6. The summed E-state index contributed by atoms with van der Waals surface area (Å²) in [5.74, 6) is 0. The Morgan fingerprint density at radius 3 is 2.35 bits per heavy atom. The molecule has 1 aromatic rings. The van der Waals surface area contributed by atoms with E-state index >= 15 is 0 Å². The number of rotatable bonds is 6. The largest absolute Gasteiger partial charge is 0.376 e. The summed E-state index contributed by atoms with van der Waals surface area (Å²) < 4.78 is 6.04. The van der Waals surface area contributed by atoms with Crippen LogP contribution in [-0.4, -0.2) is 19.3 Å². The molecular formula is C17H28ClNO. The first-order valence-corrected chi connectivity index (χ1v) is 7.80. The molecule has 2 atom stereocenters. The van der Waals surface area contributed by atoms with Gasteiger partial charge in [-0.25, -0.2) is 0 Å². The SMILES string of the molecule is CCNC(c1ccc(C)c(Cl)c1)C(OCC)C(C)(C)C. The third-order valence-corrected chi connectivity index (χ3v) is 3.89. The average Bonchev–Trinajstić information content (AvgIpc) is 2.36. The predicted octanol–water partition coefficient (Wildman–Crippen LogP) is 4.75. The molecule has 0 saturated carbocycles. The standard InChI is InChI=1S/C17H28ClNO/c1-7-19-15(16(20-8-2)17(4,5)6)13-10-9-12(3)14(18)11-13/h9-11,15-16,19H,7-8H2,1-6H3. The lowest BCUT2D eigenvalue weighted by Crippen LogP contribution is -2.42. The summed E-state index contributed by atoms with van der Waals surface area (Å²) in [5, 5.41) is 4.37. The Hall–Kier alpha value is -0.570. The number of likely N-dealkylation sites (N-methyl/N-ethyl adjacent to an activating group) is 1. The van der Waals surface area contributed by atoms with Gasteiger partial charge in [0.25, 0.3) is 0 Å². The maximum Gasteiger partial charge on any atom is 0.0817 e. The average molecular weight is 298 g/mol. The van der Waals surface area contributed by atoms with Gasteiger partial charge < -0.3 is 10.1 Å². The first-order chi connectivity index (χ1) is 9.31. The van der Waals surface area contributed by atoms with Crippen molar-refractivity contribution in [2.24, 2.45) is 5.41 Å². The van der Waals surface area contributed by atoms with E-state index in [0.29, 0.717) is 6.61 Å². The molecule has 3 heteroatoms. The summed E-state index contributed by atoms with van der Waals surface area (Å²) in [5.41, 5.74) is 2.35. The van der Waals surface area contributed by atoms with Crippen LogP contribution in [-0.2, 0) is 4.74 Å². The van der Waals surface area contributed by atoms with Gasteiger partial charge in [0.1, 0.15) is 0 Å². The minimum Gasteiger partial charge on any atom is -0.376 e. The number of halogens is 1. The van der Waals surface area contributed by atoms with Crippen LogP contribution in [0.4, 0.5) is 0 Å². The zero-order chi connectivity index (χ0) is 15.3. The van der Waals surface area contributed by atoms with Crippen molar-refractivity contribution in [1.29, 1.82) is 0 Å². The minimum atomic E-state index is 0.0558. The molecule has 114 valence electrons. The quantitative estimate of drug-likeness (QED) is 0.818. The van der Waals surface area contributed by atoms with Crippen LogP contribution in [0.3, 0.4) is 0 Å². The summed E-state index contributed by atoms with van der Waals surface area (Å²) >= 11 is 6.29. The molecule has 1 aromatic carbocycles. The van der Waals surface area contributed by atoms with E-state index in [9.17, 15) is 0 Å². The second-order valence-corrected chi connectivity index (χ2v) is 6.69. The maximum atomic E-state index is 6.29. The Morgan fingerprint density at radius 2 is 1.90 bits per heavy atom. The van der Waals surface area contributed by atoms with Gasteiger partial charge in [0.2, 0.25) is 0 Å². The highest BCUT2D eigenvalue weighted by molar-refractivity contribution is 6.31. The number of ether oxygens (including phenoxy) is 1. The Morgan fingerprint density at radius 1 is 1.25 bits per heavy atom. The smallest absolute Gasteiger partial charge is 0.0817 e. The Labute approximate surface area is 128 Å². The monoisotopic (exact) mass is 297 g/mol. The molecule has 20 heavy (non-hydrogen) atoms. The van der Waals surface area contributed by atoms with Gasteiger partial charge in [-0.2, -0.15) is 0 Å². The summed E-state index contributed by atoms with van der Waals surface area (Å²) in [4.78, 5) is 0. The highest BCUT2D eigenvalue weighted by Crippen LogP contribution is 2.34. The lowest BCUT2D eigenvalue weighted by molar-refractivity contribution is -0.0362. The van der Waals surface area contributed by atoms with E-state index in [2.05, 4.69) is 51.2 Å². The van der Waals surface area contributed by atoms with E-state index in [1.54, 1.807) is 0 Å². The van der Waals surface area contributed by atoms with Gasteiger partial charge in [0, 0.05) is 11.6 Å². The van der Waals surface area contributed by atoms with Crippen LogP contribution in [0.1, 0.15) is 51.8 Å². The summed E-state index contributed by atoms with van der Waals surface area (Å²) in [7, 11) is 0. The summed E-state index contributed by atoms with van der Waals surface area (Å²) in [6, 6.07) is 6.43. The van der Waals surface area contributed by atoms with Gasteiger partial charge in [-0.15, -0.1) is 0 Å². The number of hydrogen-bond donors (Lipinski definition) is 1. The van der Waals surface area contributed by atoms with Crippen molar-refractivity contribution in [2.45, 2.75) is 53.7 Å². The second kappa shape index (κ2) is 7.44. The van der Waals surface area contributed by atoms with Gasteiger partial charge in [-0.1, -0.05) is 51.4 Å². The molecule has 0 saturated heterocycles. The number of benzene rings is 1. The van der Waals surface area contributed by atoms with E-state index in [0.717, 1.165) is 17.1 Å². The van der Waals surface area contributed by atoms with Crippen molar-refractivity contribution < 1.29 is 4.74 Å². The lowest BCUT2D eigenvalue weighted by atomic mass is 9.81. The molecule has 1 N–H and O–H groups in total. The van der Waals surface area contributed by atoms with Crippen LogP contribution < -0.4 is 5.32 Å². The van der Waals surface area contributed by atoms with Crippen molar-refractivity contribution >= 4 is 11.6 Å². The molecule has 0 heterocycles. The number of aryl methyl sites for hydroxylation is 1. The fraction of sp³-hybridized carbons (Fsp3) is 0.647. The summed E-state index contributed by atoms with van der Waals surface area (Å²) in [6.07, 6.45) is 0.103. The van der Waals surface area contributed by atoms with Gasteiger partial charge in [-0.3, -0.25) is 0 Å². The van der Waals surface area contributed by atoms with Gasteiger partial charge in [-0.05, 0) is 43.0 Å². The number of nitrogens with one attached hydrogen (secondary N) is 1. The molecule has 0 aromatic heterocycles. The molecule has 1 rings (SSSR count). The molecular weight excluding hydrogens is 270 g/mol. The normalized spacial score (nSPS) is 15.2. The third kappa shape index (κ3) is 4.47. The fourth-order valence-corrected chi connectivity index (χ4v) is 2.64. The van der Waals surface area contributed by atoms with Gasteiger partial charge in [0.05, 0.1) is 12.1 Å². The van der Waals surface area contributed by atoms with E-state index in [-0.39, 0.29) is 17.6 Å². The van der Waals surface area contributed by atoms with E-state index in [4.69, 9.17) is 16.3 Å². The Balaban J connectivity index is 3.16. The van der Waals surface area contributed by atoms with Crippen LogP contribution in [0.2, 0.25) is 5.02 Å². The van der Waals surface area contributed by atoms with E-state index in [1.165, 1.54) is 5.56 Å². The first kappa shape index (κ1) is 17.5. The third-order valence-electron chi connectivity index (χ3n) is 3.48. The number of hydrogen-bond acceptors (Lipinski definition) is 2. The molecule has 0 aliphatic rings. The Bertz CT molecular complexity index is 425. The highest BCUT2D eigenvalue weighted by atomic mass is 35.5. The zero-order valence-corrected chi connectivity index (χ0v) is 14.3. The first-order valence-electron chi connectivity index (χ1n) is 7.42. The van der Waals surface area contributed by atoms with Crippen LogP contribution >= 0.6 is 11.6 Å². The van der Waals surface area contributed by atoms with Crippen molar-refractivity contribution in [3.05, 3.63) is 34.3 Å². The van der Waals surface area contributed by atoms with E-state index < -0.39 is 0 Å². The van der Waals surface area contributed by atoms with Crippen molar-refractivity contribution in [3.63, 3.8) is 0 Å². The van der Waals surface area contributed by atoms with Crippen molar-refractivity contribution in [3.8, 4) is 0 Å². The topological polar surface area (TPSA) is 21.3 Å². The second-order valence-electron chi connectivity index (χ2n) is 6.29.